The quantitative estimate of drug-likeness (QED) is 0.716. The Labute approximate surface area is 96.1 Å². The van der Waals surface area contributed by atoms with Crippen LogP contribution in [0.1, 0.15) is 19.4 Å². The Kier molecular flexibility index (Phi) is 3.08. The first kappa shape index (κ1) is 11.3. The Hall–Kier alpha value is -1.19. The number of hydrogen-bond donors (Lipinski definition) is 0. The molecule has 3 heteroatoms. The SMILES string of the molecule is Cc1ccc(N=C[C@H]2COC(C)(C)O2)cc1. The molecule has 1 aromatic rings. The van der Waals surface area contributed by atoms with Crippen molar-refractivity contribution < 1.29 is 9.47 Å². The first-order chi connectivity index (χ1) is 7.55. The lowest BCUT2D eigenvalue weighted by Crippen LogP contribution is -2.21. The Morgan fingerprint density at radius 2 is 2.00 bits per heavy atom. The predicted octanol–water partition coefficient (Wildman–Crippen LogP) is 2.85. The Bertz CT molecular complexity index is 381. The molecule has 0 aromatic heterocycles. The van der Waals surface area contributed by atoms with Gasteiger partial charge in [-0.15, -0.1) is 0 Å². The lowest BCUT2D eigenvalue weighted by atomic mass is 10.2. The molecule has 1 aromatic carbocycles. The summed E-state index contributed by atoms with van der Waals surface area (Å²) in [5, 5.41) is 0. The molecule has 0 radical (unpaired) electrons. The van der Waals surface area contributed by atoms with Crippen LogP contribution in [0.25, 0.3) is 0 Å². The van der Waals surface area contributed by atoms with Gasteiger partial charge in [-0.2, -0.15) is 0 Å². The van der Waals surface area contributed by atoms with E-state index in [1.165, 1.54) is 5.56 Å². The molecule has 0 N–H and O–H groups in total. The zero-order chi connectivity index (χ0) is 11.6. The molecule has 2 rings (SSSR count). The second kappa shape index (κ2) is 4.36. The summed E-state index contributed by atoms with van der Waals surface area (Å²) in [6.07, 6.45) is 1.76. The fraction of sp³-hybridized carbons (Fsp3) is 0.462. The zero-order valence-electron chi connectivity index (χ0n) is 9.93. The monoisotopic (exact) mass is 219 g/mol. The highest BCUT2D eigenvalue weighted by Gasteiger charge is 2.31. The second-order valence-electron chi connectivity index (χ2n) is 4.48. The average Bonchev–Trinajstić information content (AvgIpc) is 2.58. The maximum absolute atomic E-state index is 5.62. The van der Waals surface area contributed by atoms with E-state index in [2.05, 4.69) is 11.9 Å². The van der Waals surface area contributed by atoms with Crippen molar-refractivity contribution >= 4 is 11.9 Å². The van der Waals surface area contributed by atoms with Crippen LogP contribution < -0.4 is 0 Å². The van der Waals surface area contributed by atoms with Gasteiger partial charge in [0.05, 0.1) is 12.3 Å². The fourth-order valence-electron chi connectivity index (χ4n) is 1.59. The predicted molar refractivity (Wildman–Crippen MR) is 64.2 cm³/mol. The number of ether oxygens (including phenoxy) is 2. The van der Waals surface area contributed by atoms with Crippen molar-refractivity contribution in [2.24, 2.45) is 4.99 Å². The Morgan fingerprint density at radius 3 is 2.56 bits per heavy atom. The van der Waals surface area contributed by atoms with Crippen LogP contribution in [0.3, 0.4) is 0 Å². The summed E-state index contributed by atoms with van der Waals surface area (Å²) in [5.41, 5.74) is 2.18. The van der Waals surface area contributed by atoms with E-state index >= 15 is 0 Å². The van der Waals surface area contributed by atoms with Crippen LogP contribution in [0, 0.1) is 6.92 Å². The van der Waals surface area contributed by atoms with Crippen molar-refractivity contribution in [1.29, 1.82) is 0 Å². The van der Waals surface area contributed by atoms with Crippen LogP contribution in [0.15, 0.2) is 29.3 Å². The zero-order valence-corrected chi connectivity index (χ0v) is 9.93. The van der Waals surface area contributed by atoms with E-state index in [0.717, 1.165) is 5.69 Å². The Morgan fingerprint density at radius 1 is 1.31 bits per heavy atom. The standard InChI is InChI=1S/C13H17NO2/c1-10-4-6-11(7-5-10)14-8-12-9-15-13(2,3)16-12/h4-8,12H,9H2,1-3H3/t12-/m0/s1. The van der Waals surface area contributed by atoms with Crippen molar-refractivity contribution in [3.63, 3.8) is 0 Å². The molecule has 1 saturated heterocycles. The summed E-state index contributed by atoms with van der Waals surface area (Å²) in [6.45, 7) is 6.45. The minimum atomic E-state index is -0.482. The van der Waals surface area contributed by atoms with Crippen LogP contribution in [-0.4, -0.2) is 24.7 Å². The van der Waals surface area contributed by atoms with Crippen molar-refractivity contribution in [3.8, 4) is 0 Å². The number of aliphatic imine (C=N–C) groups is 1. The van der Waals surface area contributed by atoms with E-state index in [4.69, 9.17) is 9.47 Å². The Balaban J connectivity index is 1.97. The van der Waals surface area contributed by atoms with Gasteiger partial charge in [-0.05, 0) is 32.9 Å². The van der Waals surface area contributed by atoms with E-state index in [9.17, 15) is 0 Å². The average molecular weight is 219 g/mol. The number of benzene rings is 1. The van der Waals surface area contributed by atoms with Gasteiger partial charge in [0.25, 0.3) is 0 Å². The van der Waals surface area contributed by atoms with Gasteiger partial charge in [0.1, 0.15) is 6.10 Å². The minimum Gasteiger partial charge on any atom is -0.347 e. The number of rotatable bonds is 2. The topological polar surface area (TPSA) is 30.8 Å². The molecular weight excluding hydrogens is 202 g/mol. The molecule has 0 amide bonds. The molecule has 1 aliphatic heterocycles. The third kappa shape index (κ3) is 2.90. The molecule has 1 aliphatic rings. The van der Waals surface area contributed by atoms with Crippen LogP contribution >= 0.6 is 0 Å². The minimum absolute atomic E-state index is 0.0451. The third-order valence-corrected chi connectivity index (χ3v) is 2.45. The summed E-state index contributed by atoms with van der Waals surface area (Å²) in [6, 6.07) is 8.07. The largest absolute Gasteiger partial charge is 0.347 e. The van der Waals surface area contributed by atoms with E-state index in [1.807, 2.05) is 38.1 Å². The summed E-state index contributed by atoms with van der Waals surface area (Å²) >= 11 is 0. The van der Waals surface area contributed by atoms with E-state index in [1.54, 1.807) is 6.21 Å². The number of nitrogens with zero attached hydrogens (tertiary/aromatic N) is 1. The van der Waals surface area contributed by atoms with E-state index in [0.29, 0.717) is 6.61 Å². The molecular formula is C13H17NO2. The van der Waals surface area contributed by atoms with Crippen LogP contribution in [-0.2, 0) is 9.47 Å². The molecule has 1 heterocycles. The van der Waals surface area contributed by atoms with Gasteiger partial charge in [0.15, 0.2) is 5.79 Å². The molecule has 3 nitrogen and oxygen atoms in total. The molecule has 86 valence electrons. The molecule has 0 spiro atoms. The molecule has 0 saturated carbocycles. The highest BCUT2D eigenvalue weighted by molar-refractivity contribution is 5.68. The molecule has 0 bridgehead atoms. The van der Waals surface area contributed by atoms with Crippen molar-refractivity contribution in [1.82, 2.24) is 0 Å². The third-order valence-electron chi connectivity index (χ3n) is 2.45. The second-order valence-corrected chi connectivity index (χ2v) is 4.48. The van der Waals surface area contributed by atoms with Crippen LogP contribution in [0.4, 0.5) is 5.69 Å². The van der Waals surface area contributed by atoms with Gasteiger partial charge >= 0.3 is 0 Å². The number of aryl methyl sites for hydroxylation is 1. The van der Waals surface area contributed by atoms with Crippen molar-refractivity contribution in [2.45, 2.75) is 32.7 Å². The summed E-state index contributed by atoms with van der Waals surface area (Å²) in [4.78, 5) is 4.36. The van der Waals surface area contributed by atoms with E-state index < -0.39 is 5.79 Å². The van der Waals surface area contributed by atoms with Gasteiger partial charge in [0.2, 0.25) is 0 Å². The molecule has 0 aliphatic carbocycles. The van der Waals surface area contributed by atoms with Crippen molar-refractivity contribution in [2.75, 3.05) is 6.61 Å². The fourth-order valence-corrected chi connectivity index (χ4v) is 1.59. The highest BCUT2D eigenvalue weighted by atomic mass is 16.7. The van der Waals surface area contributed by atoms with E-state index in [-0.39, 0.29) is 6.10 Å². The summed E-state index contributed by atoms with van der Waals surface area (Å²) in [7, 11) is 0. The van der Waals surface area contributed by atoms with Gasteiger partial charge in [-0.3, -0.25) is 4.99 Å². The maximum atomic E-state index is 5.62. The first-order valence-corrected chi connectivity index (χ1v) is 5.48. The van der Waals surface area contributed by atoms with Crippen LogP contribution in [0.5, 0.6) is 0 Å². The van der Waals surface area contributed by atoms with Gasteiger partial charge in [-0.1, -0.05) is 17.7 Å². The van der Waals surface area contributed by atoms with Crippen LogP contribution in [0.2, 0.25) is 0 Å². The molecule has 1 atom stereocenters. The molecule has 0 unspecified atom stereocenters. The molecule has 16 heavy (non-hydrogen) atoms. The smallest absolute Gasteiger partial charge is 0.163 e. The number of hydrogen-bond acceptors (Lipinski definition) is 3. The lowest BCUT2D eigenvalue weighted by molar-refractivity contribution is -0.130. The van der Waals surface area contributed by atoms with Gasteiger partial charge < -0.3 is 9.47 Å². The summed E-state index contributed by atoms with van der Waals surface area (Å²) in [5.74, 6) is -0.482. The van der Waals surface area contributed by atoms with Crippen molar-refractivity contribution in [3.05, 3.63) is 29.8 Å². The van der Waals surface area contributed by atoms with Gasteiger partial charge in [-0.25, -0.2) is 0 Å². The maximum Gasteiger partial charge on any atom is 0.163 e. The lowest BCUT2D eigenvalue weighted by Gasteiger charge is -2.15. The first-order valence-electron chi connectivity index (χ1n) is 5.48. The van der Waals surface area contributed by atoms with Gasteiger partial charge in [0, 0.05) is 6.21 Å². The normalized spacial score (nSPS) is 24.1. The highest BCUT2D eigenvalue weighted by Crippen LogP contribution is 2.22. The summed E-state index contributed by atoms with van der Waals surface area (Å²) < 4.78 is 11.1. The molecule has 1 fully saturated rings.